The number of furan rings is 1. The number of thioether (sulfide) groups is 2. The number of ketones is 1. The minimum atomic E-state index is -0.549. The molecule has 1 N–H and O–H groups in total. The lowest BCUT2D eigenvalue weighted by Gasteiger charge is -2.32. The van der Waals surface area contributed by atoms with Crippen LogP contribution in [0.4, 0.5) is 0 Å². The fraction of sp³-hybridized carbons (Fsp3) is 0.545. The lowest BCUT2D eigenvalue weighted by atomic mass is 10.0. The molecule has 1 unspecified atom stereocenters. The van der Waals surface area contributed by atoms with Crippen molar-refractivity contribution in [1.82, 2.24) is 10.2 Å². The monoisotopic (exact) mass is 464 g/mol. The van der Waals surface area contributed by atoms with Gasteiger partial charge in [0.25, 0.3) is 0 Å². The first kappa shape index (κ1) is 22.7. The maximum atomic E-state index is 13.4. The summed E-state index contributed by atoms with van der Waals surface area (Å²) in [5.74, 6) is 2.47. The van der Waals surface area contributed by atoms with Crippen LogP contribution in [0.1, 0.15) is 19.6 Å². The number of carbonyl (C=O) groups is 2. The number of hydrogen-bond acceptors (Lipinski definition) is 8. The molecule has 1 aromatic heterocycles. The second-order valence-electron chi connectivity index (χ2n) is 7.46. The van der Waals surface area contributed by atoms with Crippen molar-refractivity contribution in [2.24, 2.45) is 0 Å². The third kappa shape index (κ3) is 4.96. The van der Waals surface area contributed by atoms with Crippen molar-refractivity contribution in [3.05, 3.63) is 36.1 Å². The largest absolute Gasteiger partial charge is 0.461 e. The van der Waals surface area contributed by atoms with Gasteiger partial charge in [0, 0.05) is 30.2 Å². The molecule has 31 heavy (non-hydrogen) atoms. The van der Waals surface area contributed by atoms with Crippen molar-refractivity contribution in [3.63, 3.8) is 0 Å². The standard InChI is InChI=1S/C22H28N2O5S2/c1-3-27-22(28-4-2)16-11-30-13-24(16)21(26)19-20(31-12-23-19)17(25)10-15-9-14-7-5-6-8-18(14)29-15/h5-9,16,19-20,22-23H,3-4,10-13H2,1-2H3/t16-,19-,20?/m0/s1. The molecule has 2 fully saturated rings. The maximum Gasteiger partial charge on any atom is 0.242 e. The minimum absolute atomic E-state index is 0.00183. The Morgan fingerprint density at radius 3 is 2.77 bits per heavy atom. The van der Waals surface area contributed by atoms with E-state index in [0.717, 1.165) is 16.7 Å². The van der Waals surface area contributed by atoms with E-state index in [1.165, 1.54) is 11.8 Å². The van der Waals surface area contributed by atoms with Crippen molar-refractivity contribution in [2.75, 3.05) is 30.7 Å². The molecule has 0 bridgehead atoms. The van der Waals surface area contributed by atoms with Crippen LogP contribution in [0.15, 0.2) is 34.7 Å². The average Bonchev–Trinajstić information content (AvgIpc) is 3.51. The third-order valence-corrected chi connectivity index (χ3v) is 7.72. The summed E-state index contributed by atoms with van der Waals surface area (Å²) in [5.41, 5.74) is 0.768. The van der Waals surface area contributed by atoms with Gasteiger partial charge in [0.05, 0.1) is 23.6 Å². The van der Waals surface area contributed by atoms with Gasteiger partial charge in [-0.3, -0.25) is 14.9 Å². The Kier molecular flexibility index (Phi) is 7.60. The van der Waals surface area contributed by atoms with Gasteiger partial charge in [0.1, 0.15) is 17.4 Å². The molecule has 3 heterocycles. The number of hydrogen-bond donors (Lipinski definition) is 1. The minimum Gasteiger partial charge on any atom is -0.461 e. The van der Waals surface area contributed by atoms with Crippen LogP contribution in [0, 0.1) is 0 Å². The van der Waals surface area contributed by atoms with Crippen LogP contribution < -0.4 is 5.32 Å². The Hall–Kier alpha value is -1.52. The first-order chi connectivity index (χ1) is 15.1. The second-order valence-corrected chi connectivity index (χ2v) is 9.59. The first-order valence-electron chi connectivity index (χ1n) is 10.6. The number of Topliss-reactive ketones (excluding diaryl/α,β-unsaturated/α-hetero) is 1. The number of fused-ring (bicyclic) bond motifs is 1. The molecule has 0 spiro atoms. The summed E-state index contributed by atoms with van der Waals surface area (Å²) in [6.45, 7) is 4.87. The quantitative estimate of drug-likeness (QED) is 0.568. The Bertz CT molecular complexity index is 881. The molecule has 1 amide bonds. The van der Waals surface area contributed by atoms with Crippen LogP contribution in [-0.2, 0) is 25.5 Å². The normalized spacial score (nSPS) is 23.8. The summed E-state index contributed by atoms with van der Waals surface area (Å²) in [7, 11) is 0. The lowest BCUT2D eigenvalue weighted by Crippen LogP contribution is -2.55. The van der Waals surface area contributed by atoms with Gasteiger partial charge >= 0.3 is 0 Å². The molecule has 3 atom stereocenters. The van der Waals surface area contributed by atoms with E-state index in [-0.39, 0.29) is 24.2 Å². The summed E-state index contributed by atoms with van der Waals surface area (Å²) in [6, 6.07) is 8.90. The van der Waals surface area contributed by atoms with Crippen molar-refractivity contribution < 1.29 is 23.5 Å². The molecule has 9 heteroatoms. The molecule has 0 saturated carbocycles. The van der Waals surface area contributed by atoms with Crippen LogP contribution in [0.2, 0.25) is 0 Å². The van der Waals surface area contributed by atoms with Gasteiger partial charge in [-0.15, -0.1) is 23.5 Å². The SMILES string of the molecule is CCOC(OCC)[C@@H]1CSCN1C(=O)[C@H]1NCSC1C(=O)Cc1cc2ccccc2o1. The average molecular weight is 465 g/mol. The molecular formula is C22H28N2O5S2. The van der Waals surface area contributed by atoms with Crippen LogP contribution in [0.3, 0.4) is 0 Å². The zero-order valence-electron chi connectivity index (χ0n) is 17.7. The molecule has 7 nitrogen and oxygen atoms in total. The van der Waals surface area contributed by atoms with Crippen LogP contribution >= 0.6 is 23.5 Å². The molecule has 2 aliphatic rings. The van der Waals surface area contributed by atoms with Crippen LogP contribution in [-0.4, -0.2) is 70.9 Å². The van der Waals surface area contributed by atoms with E-state index < -0.39 is 17.6 Å². The maximum absolute atomic E-state index is 13.4. The highest BCUT2D eigenvalue weighted by Gasteiger charge is 2.45. The molecule has 4 rings (SSSR count). The fourth-order valence-electron chi connectivity index (χ4n) is 4.01. The summed E-state index contributed by atoms with van der Waals surface area (Å²) >= 11 is 3.17. The highest BCUT2D eigenvalue weighted by Crippen LogP contribution is 2.31. The van der Waals surface area contributed by atoms with Crippen molar-refractivity contribution in [1.29, 1.82) is 0 Å². The summed E-state index contributed by atoms with van der Waals surface area (Å²) in [5, 5.41) is 3.77. The number of benzene rings is 1. The number of ether oxygens (including phenoxy) is 2. The topological polar surface area (TPSA) is 81.0 Å². The lowest BCUT2D eigenvalue weighted by molar-refractivity contribution is -0.173. The Morgan fingerprint density at radius 1 is 1.26 bits per heavy atom. The van der Waals surface area contributed by atoms with Gasteiger partial charge in [-0.1, -0.05) is 18.2 Å². The number of para-hydroxylation sites is 1. The summed E-state index contributed by atoms with van der Waals surface area (Å²) < 4.78 is 17.3. The molecule has 2 saturated heterocycles. The van der Waals surface area contributed by atoms with Gasteiger partial charge in [-0.05, 0) is 26.0 Å². The zero-order valence-corrected chi connectivity index (χ0v) is 19.4. The Balaban J connectivity index is 1.45. The van der Waals surface area contributed by atoms with E-state index in [4.69, 9.17) is 13.9 Å². The molecule has 1 aromatic carbocycles. The van der Waals surface area contributed by atoms with Gasteiger partial charge in [-0.25, -0.2) is 0 Å². The molecular weight excluding hydrogens is 436 g/mol. The van der Waals surface area contributed by atoms with Crippen LogP contribution in [0.5, 0.6) is 0 Å². The van der Waals surface area contributed by atoms with Crippen LogP contribution in [0.25, 0.3) is 11.0 Å². The highest BCUT2D eigenvalue weighted by molar-refractivity contribution is 8.01. The first-order valence-corrected chi connectivity index (χ1v) is 12.8. The van der Waals surface area contributed by atoms with E-state index in [9.17, 15) is 9.59 Å². The predicted octanol–water partition coefficient (Wildman–Crippen LogP) is 2.88. The molecule has 2 aromatic rings. The number of nitrogens with zero attached hydrogens (tertiary/aromatic N) is 1. The van der Waals surface area contributed by atoms with Gasteiger partial charge < -0.3 is 18.8 Å². The van der Waals surface area contributed by atoms with E-state index in [2.05, 4.69) is 5.32 Å². The van der Waals surface area contributed by atoms with Gasteiger partial charge in [0.15, 0.2) is 12.1 Å². The predicted molar refractivity (Wildman–Crippen MR) is 123 cm³/mol. The molecule has 168 valence electrons. The zero-order chi connectivity index (χ0) is 21.8. The third-order valence-electron chi connectivity index (χ3n) is 5.46. The Labute approximate surface area is 190 Å². The Morgan fingerprint density at radius 2 is 2.03 bits per heavy atom. The molecule has 0 radical (unpaired) electrons. The fourth-order valence-corrected chi connectivity index (χ4v) is 6.34. The summed E-state index contributed by atoms with van der Waals surface area (Å²) in [6.07, 6.45) is -0.274. The number of carbonyl (C=O) groups excluding carboxylic acids is 2. The number of nitrogens with one attached hydrogen (secondary N) is 1. The summed E-state index contributed by atoms with van der Waals surface area (Å²) in [4.78, 5) is 28.3. The highest BCUT2D eigenvalue weighted by atomic mass is 32.2. The second kappa shape index (κ2) is 10.4. The van der Waals surface area contributed by atoms with Crippen molar-refractivity contribution >= 4 is 46.2 Å². The van der Waals surface area contributed by atoms with E-state index in [1.807, 2.05) is 49.1 Å². The smallest absolute Gasteiger partial charge is 0.242 e. The number of rotatable bonds is 9. The van der Waals surface area contributed by atoms with E-state index >= 15 is 0 Å². The molecule has 0 aliphatic carbocycles. The van der Waals surface area contributed by atoms with E-state index in [0.29, 0.717) is 30.7 Å². The molecule has 2 aliphatic heterocycles. The van der Waals surface area contributed by atoms with Crippen molar-refractivity contribution in [2.45, 2.75) is 43.9 Å². The van der Waals surface area contributed by atoms with Gasteiger partial charge in [0.2, 0.25) is 5.91 Å². The number of amides is 1. The van der Waals surface area contributed by atoms with Crippen molar-refractivity contribution in [3.8, 4) is 0 Å². The van der Waals surface area contributed by atoms with Gasteiger partial charge in [-0.2, -0.15) is 0 Å². The van der Waals surface area contributed by atoms with E-state index in [1.54, 1.807) is 11.8 Å².